The van der Waals surface area contributed by atoms with Crippen LogP contribution in [-0.2, 0) is 9.53 Å². The normalized spacial score (nSPS) is 26.9. The first-order chi connectivity index (χ1) is 6.34. The maximum atomic E-state index is 11.0. The van der Waals surface area contributed by atoms with Crippen LogP contribution < -0.4 is 0 Å². The lowest BCUT2D eigenvalue weighted by Gasteiger charge is -2.26. The Balaban J connectivity index is 1.73. The van der Waals surface area contributed by atoms with Gasteiger partial charge in [-0.3, -0.25) is 9.69 Å². The Hall–Kier alpha value is -0.410. The summed E-state index contributed by atoms with van der Waals surface area (Å²) in [5.74, 6) is 1.17. The van der Waals surface area contributed by atoms with E-state index in [4.69, 9.17) is 4.74 Å². The van der Waals surface area contributed by atoms with Crippen molar-refractivity contribution >= 4 is 5.78 Å². The van der Waals surface area contributed by atoms with Crippen LogP contribution in [0.3, 0.4) is 0 Å². The number of ether oxygens (including phenoxy) is 1. The number of rotatable bonds is 2. The lowest BCUT2D eigenvalue weighted by Crippen LogP contribution is -2.30. The second-order valence-electron chi connectivity index (χ2n) is 4.08. The van der Waals surface area contributed by atoms with E-state index in [1.54, 1.807) is 0 Å². The molecule has 0 aromatic heterocycles. The average Bonchev–Trinajstić information content (AvgIpc) is 2.53. The fourth-order valence-corrected chi connectivity index (χ4v) is 2.14. The van der Waals surface area contributed by atoms with E-state index >= 15 is 0 Å². The largest absolute Gasteiger partial charge is 0.381 e. The third-order valence-corrected chi connectivity index (χ3v) is 2.96. The number of nitrogens with zero attached hydrogens (tertiary/aromatic N) is 1. The number of Topliss-reactive ketones (excluding diaryl/α,β-unsaturated/α-hetero) is 1. The molecule has 0 atom stereocenters. The highest BCUT2D eigenvalue weighted by Crippen LogP contribution is 2.17. The van der Waals surface area contributed by atoms with E-state index in [0.29, 0.717) is 12.3 Å². The predicted octanol–water partition coefficient (Wildman–Crippen LogP) is 0.688. The van der Waals surface area contributed by atoms with E-state index in [-0.39, 0.29) is 0 Å². The smallest absolute Gasteiger partial charge is 0.148 e. The summed E-state index contributed by atoms with van der Waals surface area (Å²) in [6.45, 7) is 4.60. The molecule has 2 rings (SSSR count). The summed E-state index contributed by atoms with van der Waals surface area (Å²) in [5, 5.41) is 0. The summed E-state index contributed by atoms with van der Waals surface area (Å²) in [7, 11) is 0. The van der Waals surface area contributed by atoms with E-state index in [0.717, 1.165) is 38.6 Å². The molecule has 0 bridgehead atoms. The maximum Gasteiger partial charge on any atom is 0.148 e. The van der Waals surface area contributed by atoms with Gasteiger partial charge in [0.2, 0.25) is 0 Å². The molecule has 0 radical (unpaired) electrons. The van der Waals surface area contributed by atoms with Crippen LogP contribution in [0.25, 0.3) is 0 Å². The topological polar surface area (TPSA) is 29.5 Å². The number of ketones is 1. The quantitative estimate of drug-likeness (QED) is 0.630. The third kappa shape index (κ3) is 2.51. The van der Waals surface area contributed by atoms with Gasteiger partial charge in [-0.25, -0.2) is 0 Å². The lowest BCUT2D eigenvalue weighted by atomic mass is 10.00. The van der Waals surface area contributed by atoms with E-state index in [1.165, 1.54) is 12.8 Å². The highest BCUT2D eigenvalue weighted by molar-refractivity contribution is 5.82. The van der Waals surface area contributed by atoms with Crippen LogP contribution in [0.2, 0.25) is 0 Å². The van der Waals surface area contributed by atoms with E-state index in [1.807, 2.05) is 0 Å². The zero-order valence-electron chi connectivity index (χ0n) is 8.00. The predicted molar refractivity (Wildman–Crippen MR) is 49.6 cm³/mol. The number of hydrogen-bond donors (Lipinski definition) is 0. The fraction of sp³-hybridized carbons (Fsp3) is 0.900. The molecule has 2 heterocycles. The molecule has 13 heavy (non-hydrogen) atoms. The van der Waals surface area contributed by atoms with Crippen molar-refractivity contribution in [2.75, 3.05) is 32.8 Å². The van der Waals surface area contributed by atoms with Crippen LogP contribution in [0, 0.1) is 5.92 Å². The second kappa shape index (κ2) is 4.20. The molecule has 2 fully saturated rings. The minimum atomic E-state index is 0.409. The average molecular weight is 183 g/mol. The zero-order chi connectivity index (χ0) is 9.10. The molecule has 2 saturated heterocycles. The van der Waals surface area contributed by atoms with Gasteiger partial charge >= 0.3 is 0 Å². The van der Waals surface area contributed by atoms with Crippen molar-refractivity contribution in [2.45, 2.75) is 19.3 Å². The molecule has 3 nitrogen and oxygen atoms in total. The Morgan fingerprint density at radius 3 is 2.77 bits per heavy atom. The van der Waals surface area contributed by atoms with Gasteiger partial charge in [-0.1, -0.05) is 0 Å². The van der Waals surface area contributed by atoms with Crippen LogP contribution in [0.1, 0.15) is 19.3 Å². The van der Waals surface area contributed by atoms with E-state index in [2.05, 4.69) is 4.90 Å². The van der Waals surface area contributed by atoms with E-state index < -0.39 is 0 Å². The molecule has 0 aliphatic carbocycles. The molecule has 2 aliphatic heterocycles. The summed E-state index contributed by atoms with van der Waals surface area (Å²) in [6, 6.07) is 0. The molecule has 0 amide bonds. The molecular weight excluding hydrogens is 166 g/mol. The molecule has 0 N–H and O–H groups in total. The van der Waals surface area contributed by atoms with Gasteiger partial charge in [-0.2, -0.15) is 0 Å². The van der Waals surface area contributed by atoms with Gasteiger partial charge in [0, 0.05) is 32.7 Å². The van der Waals surface area contributed by atoms with Crippen molar-refractivity contribution in [3.05, 3.63) is 0 Å². The molecule has 0 unspecified atom stereocenters. The monoisotopic (exact) mass is 183 g/mol. The molecule has 2 aliphatic rings. The first-order valence-corrected chi connectivity index (χ1v) is 5.16. The molecule has 0 spiro atoms. The van der Waals surface area contributed by atoms with Crippen LogP contribution in [-0.4, -0.2) is 43.5 Å². The summed E-state index contributed by atoms with van der Waals surface area (Å²) < 4.78 is 5.30. The molecule has 0 saturated carbocycles. The number of hydrogen-bond acceptors (Lipinski definition) is 3. The summed E-state index contributed by atoms with van der Waals surface area (Å²) in [5.41, 5.74) is 0. The van der Waals surface area contributed by atoms with Gasteiger partial charge in [0.25, 0.3) is 0 Å². The van der Waals surface area contributed by atoms with Crippen LogP contribution >= 0.6 is 0 Å². The van der Waals surface area contributed by atoms with Crippen molar-refractivity contribution in [1.29, 1.82) is 0 Å². The van der Waals surface area contributed by atoms with Gasteiger partial charge in [-0.15, -0.1) is 0 Å². The second-order valence-corrected chi connectivity index (χ2v) is 4.08. The first kappa shape index (κ1) is 9.16. The number of carbonyl (C=O) groups excluding carboxylic acids is 1. The van der Waals surface area contributed by atoms with Gasteiger partial charge in [0.15, 0.2) is 0 Å². The fourth-order valence-electron chi connectivity index (χ4n) is 2.14. The first-order valence-electron chi connectivity index (χ1n) is 5.16. The van der Waals surface area contributed by atoms with Crippen LogP contribution in [0.15, 0.2) is 0 Å². The SMILES string of the molecule is O=C1CCN(CC2CCOCC2)C1. The van der Waals surface area contributed by atoms with Gasteiger partial charge in [0.1, 0.15) is 5.78 Å². The van der Waals surface area contributed by atoms with Crippen molar-refractivity contribution in [3.63, 3.8) is 0 Å². The third-order valence-electron chi connectivity index (χ3n) is 2.96. The zero-order valence-corrected chi connectivity index (χ0v) is 8.00. The molecule has 3 heteroatoms. The van der Waals surface area contributed by atoms with Gasteiger partial charge < -0.3 is 4.74 Å². The minimum Gasteiger partial charge on any atom is -0.381 e. The Labute approximate surface area is 79.0 Å². The maximum absolute atomic E-state index is 11.0. The lowest BCUT2D eigenvalue weighted by molar-refractivity contribution is -0.116. The van der Waals surface area contributed by atoms with Gasteiger partial charge in [0.05, 0.1) is 6.54 Å². The Morgan fingerprint density at radius 2 is 2.15 bits per heavy atom. The number of likely N-dealkylation sites (tertiary alicyclic amines) is 1. The highest BCUT2D eigenvalue weighted by Gasteiger charge is 2.23. The van der Waals surface area contributed by atoms with Crippen molar-refractivity contribution in [3.8, 4) is 0 Å². The summed E-state index contributed by atoms with van der Waals surface area (Å²) in [6.07, 6.45) is 3.11. The molecule has 74 valence electrons. The molecule has 0 aromatic rings. The Kier molecular flexibility index (Phi) is 2.96. The minimum absolute atomic E-state index is 0.409. The molecular formula is C10H17NO2. The Bertz CT molecular complexity index is 187. The molecule has 0 aromatic carbocycles. The summed E-state index contributed by atoms with van der Waals surface area (Å²) in [4.78, 5) is 13.3. The number of carbonyl (C=O) groups is 1. The van der Waals surface area contributed by atoms with Gasteiger partial charge in [-0.05, 0) is 18.8 Å². The van der Waals surface area contributed by atoms with Crippen molar-refractivity contribution in [2.24, 2.45) is 5.92 Å². The highest BCUT2D eigenvalue weighted by atomic mass is 16.5. The Morgan fingerprint density at radius 1 is 1.38 bits per heavy atom. The summed E-state index contributed by atoms with van der Waals surface area (Å²) >= 11 is 0. The van der Waals surface area contributed by atoms with Crippen LogP contribution in [0.5, 0.6) is 0 Å². The van der Waals surface area contributed by atoms with Crippen LogP contribution in [0.4, 0.5) is 0 Å². The standard InChI is InChI=1S/C10H17NO2/c12-10-1-4-11(8-10)7-9-2-5-13-6-3-9/h9H,1-8H2. The van der Waals surface area contributed by atoms with Crippen molar-refractivity contribution < 1.29 is 9.53 Å². The van der Waals surface area contributed by atoms with E-state index in [9.17, 15) is 4.79 Å². The van der Waals surface area contributed by atoms with Crippen molar-refractivity contribution in [1.82, 2.24) is 4.90 Å².